The second kappa shape index (κ2) is 18.7. The van der Waals surface area contributed by atoms with Gasteiger partial charge < -0.3 is 35.5 Å². The van der Waals surface area contributed by atoms with Gasteiger partial charge in [0.1, 0.15) is 30.4 Å². The lowest BCUT2D eigenvalue weighted by atomic mass is 9.96. The Balaban J connectivity index is 1.25. The molecule has 0 aromatic heterocycles. The number of aryl methyl sites for hydroxylation is 2. The number of phenolic OH excluding ortho intramolecular Hbond substituents is 1. The Hall–Kier alpha value is -5.20. The van der Waals surface area contributed by atoms with E-state index < -0.39 is 0 Å². The predicted octanol–water partition coefficient (Wildman–Crippen LogP) is 7.36. The molecule has 268 valence electrons. The lowest BCUT2D eigenvalue weighted by Crippen LogP contribution is -2.21. The third kappa shape index (κ3) is 10.6. The molecular weight excluding hydrogens is 642 g/mol. The van der Waals surface area contributed by atoms with E-state index in [2.05, 4.69) is 34.5 Å². The van der Waals surface area contributed by atoms with Gasteiger partial charge in [-0.1, -0.05) is 49.4 Å². The lowest BCUT2D eigenvalue weighted by Gasteiger charge is -2.16. The molecule has 4 aromatic rings. The fourth-order valence-electron chi connectivity index (χ4n) is 6.46. The second-order valence-corrected chi connectivity index (χ2v) is 13.0. The molecule has 0 radical (unpaired) electrons. The van der Waals surface area contributed by atoms with Crippen molar-refractivity contribution in [2.75, 3.05) is 19.5 Å². The van der Waals surface area contributed by atoms with Crippen molar-refractivity contribution >= 4 is 28.2 Å². The number of phenols is 1. The molecule has 4 aromatic carbocycles. The average Bonchev–Trinajstić information content (AvgIpc) is 3.14. The largest absolute Gasteiger partial charge is 0.508 e. The third-order valence-corrected chi connectivity index (χ3v) is 9.35. The molecule has 9 nitrogen and oxygen atoms in total. The van der Waals surface area contributed by atoms with Gasteiger partial charge in [-0.25, -0.2) is 0 Å². The summed E-state index contributed by atoms with van der Waals surface area (Å²) in [4.78, 5) is 17.2. The summed E-state index contributed by atoms with van der Waals surface area (Å²) in [6.07, 6.45) is 11.0. The van der Waals surface area contributed by atoms with Crippen LogP contribution < -0.4 is 20.5 Å². The minimum absolute atomic E-state index is 0.120. The first-order valence-corrected chi connectivity index (χ1v) is 17.8. The number of carbonyl (C=O) groups is 1. The number of hydrogen-bond donors (Lipinski definition) is 4. The first-order valence-electron chi connectivity index (χ1n) is 17.8. The van der Waals surface area contributed by atoms with Crippen LogP contribution in [0.15, 0.2) is 71.7 Å². The van der Waals surface area contributed by atoms with Crippen molar-refractivity contribution in [3.05, 3.63) is 94.5 Å². The van der Waals surface area contributed by atoms with E-state index in [0.717, 1.165) is 72.5 Å². The summed E-state index contributed by atoms with van der Waals surface area (Å²) in [5, 5.41) is 25.8. The number of aliphatic imine (C=N–C) groups is 1. The second-order valence-electron chi connectivity index (χ2n) is 13.0. The topological polar surface area (TPSA) is 136 Å². The molecule has 0 fully saturated rings. The molecule has 6 rings (SSSR count). The zero-order valence-corrected chi connectivity index (χ0v) is 29.7. The van der Waals surface area contributed by atoms with Crippen LogP contribution in [0.1, 0.15) is 79.2 Å². The number of nitrogens with one attached hydrogen (secondary N) is 1. The molecule has 2 heterocycles. The maximum Gasteiger partial charge on any atom is 0.192 e. The number of Topliss-reactive ketones (excluding diaryl/α,β-unsaturated/α-hetero) is 1. The first kappa shape index (κ1) is 37.1. The Labute approximate surface area is 300 Å². The minimum atomic E-state index is -0.319. The number of nitrogens with zero attached hydrogens (tertiary/aromatic N) is 1. The van der Waals surface area contributed by atoms with Crippen LogP contribution in [0.25, 0.3) is 10.8 Å². The standard InChI is InChI=1S/C42H49N3O6/c1-44-42(43)45-34-12-8-11-29(22-34)10-6-4-3-5-7-13-36-26-35(47)18-15-30-16-20-40(49-2)41(23-30)51-28-33-24-31-17-19-39(48)37(14-9-21-50-36)38(31)25-32(33)27-46/h8,11-12,16-17,19-20,22-25,36,46,48H,3-7,10,13-15,18,26-28H2,1-2H3,(H3,43,44,45). The van der Waals surface area contributed by atoms with Crippen LogP contribution in [0.3, 0.4) is 0 Å². The quantitative estimate of drug-likeness (QED) is 0.0555. The highest BCUT2D eigenvalue weighted by Gasteiger charge is 2.17. The van der Waals surface area contributed by atoms with Crippen LogP contribution in [-0.4, -0.2) is 42.2 Å². The van der Waals surface area contributed by atoms with Gasteiger partial charge in [0, 0.05) is 37.6 Å². The Morgan fingerprint density at radius 2 is 1.88 bits per heavy atom. The Kier molecular flexibility index (Phi) is 13.6. The van der Waals surface area contributed by atoms with Crippen molar-refractivity contribution in [1.29, 1.82) is 0 Å². The van der Waals surface area contributed by atoms with Crippen LogP contribution in [0.4, 0.5) is 5.69 Å². The Morgan fingerprint density at radius 1 is 1.04 bits per heavy atom. The molecule has 2 aliphatic rings. The van der Waals surface area contributed by atoms with Crippen LogP contribution in [0, 0.1) is 12.0 Å². The number of ketones is 1. The van der Waals surface area contributed by atoms with Crippen molar-refractivity contribution in [1.82, 2.24) is 0 Å². The van der Waals surface area contributed by atoms with E-state index in [4.69, 9.17) is 19.9 Å². The first-order chi connectivity index (χ1) is 24.9. The molecule has 2 aliphatic heterocycles. The fraction of sp³-hybridized carbons (Fsp3) is 0.381. The number of ether oxygens (including phenoxy) is 3. The zero-order valence-electron chi connectivity index (χ0n) is 29.7. The summed E-state index contributed by atoms with van der Waals surface area (Å²) >= 11 is 0. The number of fused-ring (bicyclic) bond motifs is 9. The van der Waals surface area contributed by atoms with E-state index in [9.17, 15) is 15.0 Å². The van der Waals surface area contributed by atoms with E-state index >= 15 is 0 Å². The Bertz CT molecular complexity index is 1890. The maximum absolute atomic E-state index is 13.2. The number of rotatable bonds is 11. The molecule has 0 saturated carbocycles. The summed E-state index contributed by atoms with van der Waals surface area (Å²) < 4.78 is 17.8. The maximum atomic E-state index is 13.2. The number of aliphatic hydroxyl groups excluding tert-OH is 1. The van der Waals surface area contributed by atoms with Gasteiger partial charge in [-0.3, -0.25) is 9.79 Å². The van der Waals surface area contributed by atoms with Gasteiger partial charge in [-0.15, -0.1) is 0 Å². The SMILES string of the molecule is CN=C(N)Nc1cccc(CCCCCCCC2CC(=O)CCc3ccc(OC)c(c3)OCc3cc4ccc(O)c(c4cc3CO)CC#CO2)c1. The molecule has 6 bridgehead atoms. The van der Waals surface area contributed by atoms with Gasteiger partial charge in [-0.2, -0.15) is 0 Å². The number of anilines is 1. The number of hydrogen-bond acceptors (Lipinski definition) is 7. The number of aliphatic hydroxyl groups is 1. The highest BCUT2D eigenvalue weighted by molar-refractivity contribution is 5.92. The minimum Gasteiger partial charge on any atom is -0.508 e. The molecule has 0 saturated heterocycles. The monoisotopic (exact) mass is 691 g/mol. The van der Waals surface area contributed by atoms with Crippen LogP contribution in [0.5, 0.6) is 17.2 Å². The summed E-state index contributed by atoms with van der Waals surface area (Å²) in [5.41, 5.74) is 11.2. The number of carbonyl (C=O) groups excluding carboxylic acids is 1. The lowest BCUT2D eigenvalue weighted by molar-refractivity contribution is -0.121. The van der Waals surface area contributed by atoms with Gasteiger partial charge in [0.2, 0.25) is 0 Å². The highest BCUT2D eigenvalue weighted by Crippen LogP contribution is 2.33. The summed E-state index contributed by atoms with van der Waals surface area (Å²) in [6, 6.07) is 21.4. The molecule has 0 aliphatic carbocycles. The number of benzene rings is 4. The van der Waals surface area contributed by atoms with Gasteiger partial charge in [0.05, 0.1) is 13.7 Å². The predicted molar refractivity (Wildman–Crippen MR) is 202 cm³/mol. The molecule has 51 heavy (non-hydrogen) atoms. The molecule has 0 amide bonds. The van der Waals surface area contributed by atoms with Gasteiger partial charge >= 0.3 is 0 Å². The average molecular weight is 692 g/mol. The third-order valence-electron chi connectivity index (χ3n) is 9.35. The number of methoxy groups -OCH3 is 1. The van der Waals surface area contributed by atoms with Crippen molar-refractivity contribution in [3.63, 3.8) is 0 Å². The van der Waals surface area contributed by atoms with Gasteiger partial charge in [-0.05, 0) is 108 Å². The normalized spacial score (nSPS) is 15.2. The fourth-order valence-corrected chi connectivity index (χ4v) is 6.46. The summed E-state index contributed by atoms with van der Waals surface area (Å²) in [5.74, 6) is 4.88. The molecule has 0 spiro atoms. The number of unbranched alkanes of at least 4 members (excludes halogenated alkanes) is 4. The van der Waals surface area contributed by atoms with Crippen molar-refractivity contribution in [2.24, 2.45) is 10.7 Å². The molecule has 9 heteroatoms. The summed E-state index contributed by atoms with van der Waals surface area (Å²) in [6.45, 7) is 0.0308. The van der Waals surface area contributed by atoms with E-state index in [1.165, 1.54) is 5.56 Å². The number of guanidine groups is 1. The van der Waals surface area contributed by atoms with Gasteiger partial charge in [0.15, 0.2) is 17.5 Å². The molecule has 1 unspecified atom stereocenters. The van der Waals surface area contributed by atoms with Crippen LogP contribution >= 0.6 is 0 Å². The number of nitrogens with two attached hydrogens (primary N) is 1. The molecule has 5 N–H and O–H groups in total. The van der Waals surface area contributed by atoms with Crippen LogP contribution in [0.2, 0.25) is 0 Å². The van der Waals surface area contributed by atoms with Crippen LogP contribution in [-0.2, 0) is 42.0 Å². The van der Waals surface area contributed by atoms with Crippen molar-refractivity contribution in [2.45, 2.75) is 89.9 Å². The van der Waals surface area contributed by atoms with E-state index in [1.807, 2.05) is 48.5 Å². The van der Waals surface area contributed by atoms with E-state index in [1.54, 1.807) is 20.2 Å². The summed E-state index contributed by atoms with van der Waals surface area (Å²) in [7, 11) is 3.25. The molecule has 1 atom stereocenters. The molecular formula is C42H49N3O6. The van der Waals surface area contributed by atoms with Gasteiger partial charge in [0.25, 0.3) is 0 Å². The van der Waals surface area contributed by atoms with Crippen molar-refractivity contribution < 1.29 is 29.2 Å². The zero-order chi connectivity index (χ0) is 36.0. The van der Waals surface area contributed by atoms with Crippen molar-refractivity contribution in [3.8, 4) is 29.3 Å². The highest BCUT2D eigenvalue weighted by atomic mass is 16.5. The van der Waals surface area contributed by atoms with E-state index in [0.29, 0.717) is 41.4 Å². The number of aromatic hydroxyl groups is 1. The Morgan fingerprint density at radius 3 is 2.71 bits per heavy atom. The van der Waals surface area contributed by atoms with E-state index in [-0.39, 0.29) is 43.7 Å². The smallest absolute Gasteiger partial charge is 0.192 e.